The number of amides is 2. The lowest BCUT2D eigenvalue weighted by Crippen LogP contribution is -2.18. The van der Waals surface area contributed by atoms with Crippen molar-refractivity contribution in [3.05, 3.63) is 95.6 Å². The molecule has 0 radical (unpaired) electrons. The van der Waals surface area contributed by atoms with Crippen molar-refractivity contribution in [3.63, 3.8) is 0 Å². The second-order valence-electron chi connectivity index (χ2n) is 7.32. The van der Waals surface area contributed by atoms with E-state index in [2.05, 4.69) is 22.8 Å². The number of hydrogen-bond donors (Lipinski definition) is 2. The Bertz CT molecular complexity index is 964. The highest BCUT2D eigenvalue weighted by Crippen LogP contribution is 2.18. The Kier molecular flexibility index (Phi) is 6.80. The Balaban J connectivity index is 1.65. The molecule has 29 heavy (non-hydrogen) atoms. The van der Waals surface area contributed by atoms with Crippen LogP contribution in [0.15, 0.2) is 78.9 Å². The van der Waals surface area contributed by atoms with E-state index in [0.29, 0.717) is 16.9 Å². The Morgan fingerprint density at radius 1 is 0.724 bits per heavy atom. The normalized spacial score (nSPS) is 10.6. The fourth-order valence-corrected chi connectivity index (χ4v) is 3.01. The van der Waals surface area contributed by atoms with Crippen LogP contribution in [-0.2, 0) is 17.6 Å². The topological polar surface area (TPSA) is 58.2 Å². The van der Waals surface area contributed by atoms with Gasteiger partial charge < -0.3 is 10.6 Å². The van der Waals surface area contributed by atoms with Crippen molar-refractivity contribution in [2.45, 2.75) is 26.7 Å². The second kappa shape index (κ2) is 9.69. The lowest BCUT2D eigenvalue weighted by Gasteiger charge is -2.12. The molecule has 0 unspecified atom stereocenters. The van der Waals surface area contributed by atoms with Crippen molar-refractivity contribution in [1.82, 2.24) is 0 Å². The molecule has 0 atom stereocenters. The van der Waals surface area contributed by atoms with Gasteiger partial charge in [-0.15, -0.1) is 0 Å². The smallest absolute Gasteiger partial charge is 0.255 e. The molecule has 0 heterocycles. The molecule has 0 aliphatic carbocycles. The molecule has 0 saturated carbocycles. The molecule has 0 aromatic heterocycles. The molecule has 3 aromatic carbocycles. The SMILES string of the molecule is CC(C)C(=O)Nc1ccc(NC(=O)c2ccccc2CCc2ccccc2)cc1. The zero-order valence-corrected chi connectivity index (χ0v) is 16.8. The lowest BCUT2D eigenvalue weighted by atomic mass is 9.99. The summed E-state index contributed by atoms with van der Waals surface area (Å²) in [6.07, 6.45) is 1.68. The first-order valence-electron chi connectivity index (χ1n) is 9.87. The summed E-state index contributed by atoms with van der Waals surface area (Å²) in [5.41, 5.74) is 4.36. The number of nitrogens with one attached hydrogen (secondary N) is 2. The molecule has 2 N–H and O–H groups in total. The second-order valence-corrected chi connectivity index (χ2v) is 7.32. The summed E-state index contributed by atoms with van der Waals surface area (Å²) in [5.74, 6) is -0.247. The number of benzene rings is 3. The number of carbonyl (C=O) groups is 2. The standard InChI is InChI=1S/C25H26N2O2/c1-18(2)24(28)26-21-14-16-22(17-15-21)27-25(29)23-11-7-6-10-20(23)13-12-19-8-4-3-5-9-19/h3-11,14-18H,12-13H2,1-2H3,(H,26,28)(H,27,29). The van der Waals surface area contributed by atoms with Gasteiger partial charge in [-0.2, -0.15) is 0 Å². The van der Waals surface area contributed by atoms with Crippen LogP contribution in [0.3, 0.4) is 0 Å². The van der Waals surface area contributed by atoms with Crippen molar-refractivity contribution in [1.29, 1.82) is 0 Å². The molecule has 0 spiro atoms. The molecule has 0 bridgehead atoms. The maximum absolute atomic E-state index is 12.8. The number of rotatable bonds is 7. The van der Waals surface area contributed by atoms with Crippen LogP contribution < -0.4 is 10.6 Å². The monoisotopic (exact) mass is 386 g/mol. The number of carbonyl (C=O) groups excluding carboxylic acids is 2. The third-order valence-corrected chi connectivity index (χ3v) is 4.72. The number of hydrogen-bond acceptors (Lipinski definition) is 2. The van der Waals surface area contributed by atoms with Gasteiger partial charge in [-0.3, -0.25) is 9.59 Å². The summed E-state index contributed by atoms with van der Waals surface area (Å²) in [6, 6.07) is 25.1. The Hall–Kier alpha value is -3.40. The van der Waals surface area contributed by atoms with Gasteiger partial charge in [0.05, 0.1) is 0 Å². The van der Waals surface area contributed by atoms with Gasteiger partial charge in [-0.1, -0.05) is 62.4 Å². The summed E-state index contributed by atoms with van der Waals surface area (Å²) >= 11 is 0. The first kappa shape index (κ1) is 20.3. The van der Waals surface area contributed by atoms with Crippen LogP contribution in [0.25, 0.3) is 0 Å². The van der Waals surface area contributed by atoms with E-state index in [1.165, 1.54) is 5.56 Å². The van der Waals surface area contributed by atoms with Crippen molar-refractivity contribution in [2.24, 2.45) is 5.92 Å². The van der Waals surface area contributed by atoms with Crippen molar-refractivity contribution in [3.8, 4) is 0 Å². The number of aryl methyl sites for hydroxylation is 2. The minimum Gasteiger partial charge on any atom is -0.326 e. The molecular formula is C25H26N2O2. The Labute approximate surface area is 172 Å². The average molecular weight is 386 g/mol. The largest absolute Gasteiger partial charge is 0.326 e. The van der Waals surface area contributed by atoms with Crippen molar-refractivity contribution in [2.75, 3.05) is 10.6 Å². The van der Waals surface area contributed by atoms with E-state index < -0.39 is 0 Å². The highest BCUT2D eigenvalue weighted by atomic mass is 16.2. The predicted molar refractivity (Wildman–Crippen MR) is 118 cm³/mol. The molecule has 148 valence electrons. The maximum atomic E-state index is 12.8. The van der Waals surface area contributed by atoms with Gasteiger partial charge in [0.2, 0.25) is 5.91 Å². The highest BCUT2D eigenvalue weighted by Gasteiger charge is 2.12. The van der Waals surface area contributed by atoms with Gasteiger partial charge in [0.25, 0.3) is 5.91 Å². The molecule has 4 heteroatoms. The molecule has 0 saturated heterocycles. The first-order chi connectivity index (χ1) is 14.0. The van der Waals surface area contributed by atoms with Crippen molar-refractivity contribution >= 4 is 23.2 Å². The maximum Gasteiger partial charge on any atom is 0.255 e. The summed E-state index contributed by atoms with van der Waals surface area (Å²) in [7, 11) is 0. The minimum atomic E-state index is -0.132. The van der Waals surface area contributed by atoms with Crippen LogP contribution in [0.5, 0.6) is 0 Å². The lowest BCUT2D eigenvalue weighted by molar-refractivity contribution is -0.118. The van der Waals surface area contributed by atoms with E-state index in [0.717, 1.165) is 18.4 Å². The van der Waals surface area contributed by atoms with Gasteiger partial charge in [-0.25, -0.2) is 0 Å². The predicted octanol–water partition coefficient (Wildman–Crippen LogP) is 5.32. The summed E-state index contributed by atoms with van der Waals surface area (Å²) < 4.78 is 0. The fraction of sp³-hybridized carbons (Fsp3) is 0.200. The molecule has 3 rings (SSSR count). The fourth-order valence-electron chi connectivity index (χ4n) is 3.01. The third-order valence-electron chi connectivity index (χ3n) is 4.72. The zero-order valence-electron chi connectivity index (χ0n) is 16.8. The average Bonchev–Trinajstić information content (AvgIpc) is 2.74. The summed E-state index contributed by atoms with van der Waals surface area (Å²) in [5, 5.41) is 5.79. The van der Waals surface area contributed by atoms with E-state index in [9.17, 15) is 9.59 Å². The van der Waals surface area contributed by atoms with Crippen LogP contribution in [-0.4, -0.2) is 11.8 Å². The Morgan fingerprint density at radius 2 is 1.31 bits per heavy atom. The summed E-state index contributed by atoms with van der Waals surface area (Å²) in [4.78, 5) is 24.6. The van der Waals surface area contributed by atoms with E-state index in [4.69, 9.17) is 0 Å². The van der Waals surface area contributed by atoms with E-state index in [1.807, 2.05) is 56.3 Å². The van der Waals surface area contributed by atoms with Crippen LogP contribution in [0, 0.1) is 5.92 Å². The molecule has 4 nitrogen and oxygen atoms in total. The Morgan fingerprint density at radius 3 is 1.97 bits per heavy atom. The van der Waals surface area contributed by atoms with E-state index in [-0.39, 0.29) is 17.7 Å². The molecular weight excluding hydrogens is 360 g/mol. The number of anilines is 2. The molecule has 2 amide bonds. The van der Waals surface area contributed by atoms with Crippen LogP contribution >= 0.6 is 0 Å². The van der Waals surface area contributed by atoms with E-state index >= 15 is 0 Å². The van der Waals surface area contributed by atoms with Gasteiger partial charge in [-0.05, 0) is 54.3 Å². The van der Waals surface area contributed by atoms with Gasteiger partial charge in [0, 0.05) is 22.9 Å². The van der Waals surface area contributed by atoms with Crippen LogP contribution in [0.1, 0.15) is 35.3 Å². The first-order valence-corrected chi connectivity index (χ1v) is 9.87. The molecule has 0 aliphatic rings. The van der Waals surface area contributed by atoms with Gasteiger partial charge in [0.1, 0.15) is 0 Å². The molecule has 0 aliphatic heterocycles. The summed E-state index contributed by atoms with van der Waals surface area (Å²) in [6.45, 7) is 3.69. The third kappa shape index (κ3) is 5.79. The molecule has 0 fully saturated rings. The van der Waals surface area contributed by atoms with E-state index in [1.54, 1.807) is 24.3 Å². The quantitative estimate of drug-likeness (QED) is 0.577. The minimum absolute atomic E-state index is 0.0332. The van der Waals surface area contributed by atoms with Crippen molar-refractivity contribution < 1.29 is 9.59 Å². The molecule has 3 aromatic rings. The van der Waals surface area contributed by atoms with Crippen LogP contribution in [0.2, 0.25) is 0 Å². The highest BCUT2D eigenvalue weighted by molar-refractivity contribution is 6.05. The van der Waals surface area contributed by atoms with Crippen LogP contribution in [0.4, 0.5) is 11.4 Å². The zero-order chi connectivity index (χ0) is 20.6. The van der Waals surface area contributed by atoms with Gasteiger partial charge in [0.15, 0.2) is 0 Å². The van der Waals surface area contributed by atoms with Gasteiger partial charge >= 0.3 is 0 Å².